The number of hydrogen-bond acceptors (Lipinski definition) is 6. The number of benzene rings is 2. The number of halogens is 1. The van der Waals surface area contributed by atoms with Crippen molar-refractivity contribution in [2.24, 2.45) is 0 Å². The molecular formula is C22H28FN3O5S. The molecule has 0 bridgehead atoms. The van der Waals surface area contributed by atoms with Crippen LogP contribution in [0.25, 0.3) is 0 Å². The first-order valence-electron chi connectivity index (χ1n) is 10.5. The summed E-state index contributed by atoms with van der Waals surface area (Å²) in [5.41, 5.74) is 1.10. The van der Waals surface area contributed by atoms with E-state index in [4.69, 9.17) is 9.47 Å². The molecule has 1 N–H and O–H groups in total. The number of nitrogens with zero attached hydrogens (tertiary/aromatic N) is 2. The Labute approximate surface area is 188 Å². The first kappa shape index (κ1) is 24.0. The van der Waals surface area contributed by atoms with E-state index < -0.39 is 21.7 Å². The van der Waals surface area contributed by atoms with Gasteiger partial charge in [-0.2, -0.15) is 4.31 Å². The van der Waals surface area contributed by atoms with Gasteiger partial charge in [-0.05, 0) is 56.3 Å². The summed E-state index contributed by atoms with van der Waals surface area (Å²) in [5.74, 6) is -0.498. The number of ether oxygens (including phenoxy) is 2. The molecule has 1 aliphatic rings. The zero-order valence-electron chi connectivity index (χ0n) is 18.2. The van der Waals surface area contributed by atoms with E-state index in [-0.39, 0.29) is 24.6 Å². The van der Waals surface area contributed by atoms with Gasteiger partial charge in [-0.25, -0.2) is 12.8 Å². The van der Waals surface area contributed by atoms with E-state index in [1.54, 1.807) is 12.1 Å². The van der Waals surface area contributed by atoms with Crippen LogP contribution in [0.15, 0.2) is 47.4 Å². The highest BCUT2D eigenvalue weighted by molar-refractivity contribution is 7.89. The van der Waals surface area contributed by atoms with Gasteiger partial charge in [0.2, 0.25) is 10.0 Å². The van der Waals surface area contributed by atoms with Gasteiger partial charge in [0.1, 0.15) is 11.6 Å². The summed E-state index contributed by atoms with van der Waals surface area (Å²) >= 11 is 0. The average molecular weight is 466 g/mol. The lowest BCUT2D eigenvalue weighted by molar-refractivity contribution is -0.118. The smallest absolute Gasteiger partial charge is 0.262 e. The van der Waals surface area contributed by atoms with Gasteiger partial charge < -0.3 is 19.7 Å². The lowest BCUT2D eigenvalue weighted by Gasteiger charge is -2.28. The summed E-state index contributed by atoms with van der Waals surface area (Å²) in [4.78, 5) is 14.7. The Morgan fingerprint density at radius 1 is 1.12 bits per heavy atom. The van der Waals surface area contributed by atoms with E-state index in [1.807, 2.05) is 18.7 Å². The number of hydrogen-bond donors (Lipinski definition) is 1. The summed E-state index contributed by atoms with van der Waals surface area (Å²) in [6.45, 7) is 6.28. The number of rotatable bonds is 9. The predicted octanol–water partition coefficient (Wildman–Crippen LogP) is 2.71. The van der Waals surface area contributed by atoms with Gasteiger partial charge in [0.05, 0.1) is 29.5 Å². The maximum Gasteiger partial charge on any atom is 0.262 e. The molecule has 32 heavy (non-hydrogen) atoms. The van der Waals surface area contributed by atoms with Crippen molar-refractivity contribution in [3.63, 3.8) is 0 Å². The van der Waals surface area contributed by atoms with Gasteiger partial charge in [0, 0.05) is 26.2 Å². The second-order valence-electron chi connectivity index (χ2n) is 7.16. The predicted molar refractivity (Wildman–Crippen MR) is 120 cm³/mol. The van der Waals surface area contributed by atoms with Gasteiger partial charge in [-0.1, -0.05) is 0 Å². The van der Waals surface area contributed by atoms with Gasteiger partial charge in [0.25, 0.3) is 5.91 Å². The van der Waals surface area contributed by atoms with Crippen molar-refractivity contribution >= 4 is 27.3 Å². The number of nitrogens with one attached hydrogen (secondary N) is 1. The van der Waals surface area contributed by atoms with Gasteiger partial charge >= 0.3 is 0 Å². The Morgan fingerprint density at radius 3 is 2.41 bits per heavy atom. The van der Waals surface area contributed by atoms with Gasteiger partial charge in [0.15, 0.2) is 6.61 Å². The van der Waals surface area contributed by atoms with E-state index >= 15 is 0 Å². The van der Waals surface area contributed by atoms with Crippen LogP contribution in [0, 0.1) is 5.82 Å². The molecule has 0 spiro atoms. The highest BCUT2D eigenvalue weighted by atomic mass is 32.2. The van der Waals surface area contributed by atoms with Crippen LogP contribution < -0.4 is 15.0 Å². The Balaban J connectivity index is 1.82. The molecule has 1 saturated heterocycles. The number of carbonyl (C=O) groups is 1. The van der Waals surface area contributed by atoms with Crippen molar-refractivity contribution in [1.82, 2.24) is 4.31 Å². The van der Waals surface area contributed by atoms with Crippen molar-refractivity contribution in [1.29, 1.82) is 0 Å². The zero-order chi connectivity index (χ0) is 23.1. The van der Waals surface area contributed by atoms with Crippen LogP contribution in [-0.4, -0.2) is 64.6 Å². The number of morpholine rings is 1. The lowest BCUT2D eigenvalue weighted by atomic mass is 10.2. The summed E-state index contributed by atoms with van der Waals surface area (Å²) < 4.78 is 51.2. The van der Waals surface area contributed by atoms with Crippen molar-refractivity contribution < 1.29 is 27.1 Å². The van der Waals surface area contributed by atoms with E-state index in [9.17, 15) is 17.6 Å². The van der Waals surface area contributed by atoms with Crippen molar-refractivity contribution in [2.45, 2.75) is 18.7 Å². The maximum absolute atomic E-state index is 13.1. The third-order valence-corrected chi connectivity index (χ3v) is 7.03. The normalized spacial score (nSPS) is 14.7. The highest BCUT2D eigenvalue weighted by Gasteiger charge is 2.27. The molecule has 1 fully saturated rings. The molecule has 0 aromatic heterocycles. The van der Waals surface area contributed by atoms with Crippen LogP contribution >= 0.6 is 0 Å². The van der Waals surface area contributed by atoms with Crippen LogP contribution in [0.1, 0.15) is 13.8 Å². The Bertz CT molecular complexity index is 1020. The molecule has 1 amide bonds. The molecule has 0 aliphatic carbocycles. The third-order valence-electron chi connectivity index (χ3n) is 5.14. The summed E-state index contributed by atoms with van der Waals surface area (Å²) in [7, 11) is -3.72. The molecule has 2 aromatic carbocycles. The fourth-order valence-corrected chi connectivity index (χ4v) is 4.85. The summed E-state index contributed by atoms with van der Waals surface area (Å²) in [6, 6.07) is 10.1. The molecule has 0 radical (unpaired) electrons. The highest BCUT2D eigenvalue weighted by Crippen LogP contribution is 2.30. The van der Waals surface area contributed by atoms with Crippen molar-refractivity contribution in [3.8, 4) is 5.75 Å². The Kier molecular flexibility index (Phi) is 8.05. The summed E-state index contributed by atoms with van der Waals surface area (Å²) in [5, 5.41) is 2.77. The first-order valence-corrected chi connectivity index (χ1v) is 11.9. The van der Waals surface area contributed by atoms with Crippen LogP contribution in [0.3, 0.4) is 0 Å². The number of amides is 1. The second-order valence-corrected chi connectivity index (χ2v) is 9.10. The fourth-order valence-electron chi connectivity index (χ4n) is 3.42. The summed E-state index contributed by atoms with van der Waals surface area (Å²) in [6.07, 6.45) is 0. The molecule has 1 aliphatic heterocycles. The minimum absolute atomic E-state index is 0.102. The lowest BCUT2D eigenvalue weighted by Crippen LogP contribution is -2.40. The number of carbonyl (C=O) groups excluding carboxylic acids is 1. The van der Waals surface area contributed by atoms with Gasteiger partial charge in [-0.15, -0.1) is 0 Å². The number of sulfonamides is 1. The Morgan fingerprint density at radius 2 is 1.78 bits per heavy atom. The Hall–Kier alpha value is -2.69. The maximum atomic E-state index is 13.1. The third kappa shape index (κ3) is 5.76. The molecule has 10 heteroatoms. The van der Waals surface area contributed by atoms with E-state index in [2.05, 4.69) is 5.32 Å². The fraction of sp³-hybridized carbons (Fsp3) is 0.409. The first-order chi connectivity index (χ1) is 15.3. The molecule has 2 aromatic rings. The van der Waals surface area contributed by atoms with Crippen LogP contribution in [0.5, 0.6) is 5.75 Å². The average Bonchev–Trinajstić information content (AvgIpc) is 2.81. The largest absolute Gasteiger partial charge is 0.484 e. The van der Waals surface area contributed by atoms with E-state index in [0.717, 1.165) is 0 Å². The molecule has 1 heterocycles. The molecule has 174 valence electrons. The van der Waals surface area contributed by atoms with Crippen molar-refractivity contribution in [2.75, 3.05) is 56.2 Å². The second kappa shape index (κ2) is 10.8. The zero-order valence-corrected chi connectivity index (χ0v) is 19.0. The minimum atomic E-state index is -3.72. The van der Waals surface area contributed by atoms with E-state index in [1.165, 1.54) is 34.6 Å². The van der Waals surface area contributed by atoms with E-state index in [0.29, 0.717) is 43.4 Å². The molecule has 0 unspecified atom stereocenters. The molecule has 0 atom stereocenters. The quantitative estimate of drug-likeness (QED) is 0.613. The topological polar surface area (TPSA) is 88.2 Å². The molecule has 0 saturated carbocycles. The molecule has 3 rings (SSSR count). The minimum Gasteiger partial charge on any atom is -0.484 e. The number of anilines is 2. The van der Waals surface area contributed by atoms with Crippen LogP contribution in [0.4, 0.5) is 15.8 Å². The SMILES string of the molecule is CCN(CC)c1ccc(S(=O)(=O)N2CCOCC2)cc1NC(=O)COc1ccc(F)cc1. The molecular weight excluding hydrogens is 437 g/mol. The van der Waals surface area contributed by atoms with Gasteiger partial charge in [-0.3, -0.25) is 4.79 Å². The van der Waals surface area contributed by atoms with Crippen LogP contribution in [-0.2, 0) is 19.6 Å². The van der Waals surface area contributed by atoms with Crippen LogP contribution in [0.2, 0.25) is 0 Å². The molecule has 8 nitrogen and oxygen atoms in total. The monoisotopic (exact) mass is 465 g/mol. The standard InChI is InChI=1S/C22H28FN3O5S/c1-3-25(4-2)21-10-9-19(32(28,29)26-11-13-30-14-12-26)15-20(21)24-22(27)16-31-18-7-5-17(23)6-8-18/h5-10,15H,3-4,11-14,16H2,1-2H3,(H,24,27). The van der Waals surface area contributed by atoms with Crippen molar-refractivity contribution in [3.05, 3.63) is 48.3 Å².